The van der Waals surface area contributed by atoms with Crippen LogP contribution >= 0.6 is 15.9 Å². The molecule has 0 N–H and O–H groups in total. The maximum atomic E-state index is 13.0. The van der Waals surface area contributed by atoms with Crippen LogP contribution in [-0.2, 0) is 0 Å². The largest absolute Gasteiger partial charge is 0.312 e. The van der Waals surface area contributed by atoms with Gasteiger partial charge in [0.1, 0.15) is 0 Å². The van der Waals surface area contributed by atoms with E-state index in [0.29, 0.717) is 18.2 Å². The lowest BCUT2D eigenvalue weighted by molar-refractivity contribution is -0.396. The van der Waals surface area contributed by atoms with Crippen molar-refractivity contribution < 1.29 is 28.5 Å². The number of halogens is 3. The molecule has 2 rings (SSSR count). The van der Waals surface area contributed by atoms with Crippen molar-refractivity contribution >= 4 is 38.7 Å². The molecule has 0 aliphatic carbocycles. The van der Waals surface area contributed by atoms with Crippen molar-refractivity contribution in [2.24, 2.45) is 0 Å². The van der Waals surface area contributed by atoms with E-state index >= 15 is 0 Å². The molecular weight excluding hydrogens is 446 g/mol. The van der Waals surface area contributed by atoms with Gasteiger partial charge in [-0.15, -0.1) is 0 Å². The predicted molar refractivity (Wildman–Crippen MR) is 87.1 cm³/mol. The second-order valence-corrected chi connectivity index (χ2v) is 5.28. The van der Waals surface area contributed by atoms with E-state index < -0.39 is 54.1 Å². The van der Waals surface area contributed by atoms with E-state index in [1.165, 1.54) is 0 Å². The van der Waals surface area contributed by atoms with Crippen molar-refractivity contribution in [2.75, 3.05) is 0 Å². The van der Waals surface area contributed by atoms with E-state index in [9.17, 15) is 49.2 Å². The smallest absolute Gasteiger partial charge is 0.258 e. The average Bonchev–Trinajstić information content (AvgIpc) is 2.57. The van der Waals surface area contributed by atoms with E-state index in [-0.39, 0.29) is 4.47 Å². The molecule has 2 aromatic rings. The number of nitrogens with zero attached hydrogens (tertiary/aromatic N) is 4. The Hall–Kier alpha value is -3.62. The van der Waals surface area contributed by atoms with Crippen LogP contribution in [0, 0.1) is 52.1 Å². The van der Waals surface area contributed by atoms with Gasteiger partial charge in [-0.1, -0.05) is 0 Å². The third-order valence-electron chi connectivity index (χ3n) is 2.74. The molecule has 0 aromatic heterocycles. The quantitative estimate of drug-likeness (QED) is 0.495. The van der Waals surface area contributed by atoms with Crippen LogP contribution in [0.15, 0.2) is 34.8 Å². The van der Waals surface area contributed by atoms with Crippen molar-refractivity contribution in [1.82, 2.24) is 0 Å². The van der Waals surface area contributed by atoms with E-state index in [1.807, 2.05) is 0 Å². The summed E-state index contributed by atoms with van der Waals surface area (Å²) in [5.74, 6) is -2.21. The molecule has 15 heteroatoms. The minimum absolute atomic E-state index is 0.307. The zero-order chi connectivity index (χ0) is 20.9. The predicted octanol–water partition coefficient (Wildman–Crippen LogP) is 4.05. The summed E-state index contributed by atoms with van der Waals surface area (Å²) in [5, 5.41) is 40.8. The molecule has 0 fully saturated rings. The first kappa shape index (κ1) is 21.4. The summed E-state index contributed by atoms with van der Waals surface area (Å²) in [4.78, 5) is 37.1. The average molecular weight is 451 g/mol. The van der Waals surface area contributed by atoms with Crippen LogP contribution in [0.3, 0.4) is 0 Å². The normalized spacial score (nSPS) is 9.74. The maximum absolute atomic E-state index is 13.0. The molecule has 0 saturated heterocycles. The molecule has 0 spiro atoms. The standard InChI is InChI=1S/C6H2BrFN2O4.C6H3FN2O4/c7-4-1-3(9(11)12)2-5(6(4)8)10(13)14;7-5-2-1-4(8(10)11)3-6(5)9(12)13/h1-2H;1-3H. The van der Waals surface area contributed by atoms with Gasteiger partial charge in [-0.2, -0.15) is 8.78 Å². The van der Waals surface area contributed by atoms with Gasteiger partial charge in [-0.25, -0.2) is 0 Å². The van der Waals surface area contributed by atoms with Gasteiger partial charge in [0, 0.05) is 12.1 Å². The number of benzene rings is 2. The molecule has 0 aliphatic heterocycles. The van der Waals surface area contributed by atoms with Gasteiger partial charge < -0.3 is 0 Å². The van der Waals surface area contributed by atoms with Crippen molar-refractivity contribution in [3.8, 4) is 0 Å². The van der Waals surface area contributed by atoms with Gasteiger partial charge in [0.15, 0.2) is 0 Å². The highest BCUT2D eigenvalue weighted by molar-refractivity contribution is 9.10. The topological polar surface area (TPSA) is 173 Å². The van der Waals surface area contributed by atoms with Crippen molar-refractivity contribution in [1.29, 1.82) is 0 Å². The summed E-state index contributed by atoms with van der Waals surface area (Å²) < 4.78 is 25.3. The summed E-state index contributed by atoms with van der Waals surface area (Å²) in [6.07, 6.45) is 0. The van der Waals surface area contributed by atoms with Crippen LogP contribution in [0.25, 0.3) is 0 Å². The van der Waals surface area contributed by atoms with Gasteiger partial charge in [0.2, 0.25) is 11.6 Å². The molecule has 2 aromatic carbocycles. The molecular formula is C12H5BrF2N4O8. The van der Waals surface area contributed by atoms with Crippen molar-refractivity contribution in [2.45, 2.75) is 0 Å². The van der Waals surface area contributed by atoms with Crippen LogP contribution in [0.1, 0.15) is 0 Å². The highest BCUT2D eigenvalue weighted by Gasteiger charge is 2.23. The highest BCUT2D eigenvalue weighted by Crippen LogP contribution is 2.30. The number of hydrogen-bond donors (Lipinski definition) is 0. The first-order valence-corrected chi connectivity index (χ1v) is 7.11. The maximum Gasteiger partial charge on any atom is 0.312 e. The number of non-ortho nitro benzene ring substituents is 2. The molecule has 0 aliphatic rings. The molecule has 12 nitrogen and oxygen atoms in total. The Morgan fingerprint density at radius 2 is 1.19 bits per heavy atom. The molecule has 0 unspecified atom stereocenters. The second kappa shape index (κ2) is 8.65. The third-order valence-corrected chi connectivity index (χ3v) is 3.32. The lowest BCUT2D eigenvalue weighted by atomic mass is 10.3. The molecule has 0 bridgehead atoms. The van der Waals surface area contributed by atoms with Gasteiger partial charge >= 0.3 is 11.4 Å². The Kier molecular flexibility index (Phi) is 6.87. The SMILES string of the molecule is O=[N+]([O-])c1cc(Br)c(F)c([N+](=O)[O-])c1.O=[N+]([O-])c1ccc(F)c([N+](=O)[O-])c1. The Morgan fingerprint density at radius 1 is 0.704 bits per heavy atom. The van der Waals surface area contributed by atoms with E-state index in [1.54, 1.807) is 0 Å². The van der Waals surface area contributed by atoms with Gasteiger partial charge in [-0.05, 0) is 22.0 Å². The van der Waals surface area contributed by atoms with Crippen molar-refractivity contribution in [3.63, 3.8) is 0 Å². The summed E-state index contributed by atoms with van der Waals surface area (Å²) in [5.41, 5.74) is -2.86. The van der Waals surface area contributed by atoms with Gasteiger partial charge in [-0.3, -0.25) is 40.5 Å². The van der Waals surface area contributed by atoms with Gasteiger partial charge in [0.25, 0.3) is 11.4 Å². The zero-order valence-electron chi connectivity index (χ0n) is 12.6. The lowest BCUT2D eigenvalue weighted by Crippen LogP contribution is -1.96. The fourth-order valence-electron chi connectivity index (χ4n) is 1.55. The number of hydrogen-bond acceptors (Lipinski definition) is 8. The summed E-state index contributed by atoms with van der Waals surface area (Å²) in [7, 11) is 0. The Labute approximate surface area is 154 Å². The number of rotatable bonds is 4. The van der Waals surface area contributed by atoms with Crippen LogP contribution in [0.2, 0.25) is 0 Å². The first-order valence-electron chi connectivity index (χ1n) is 6.31. The Balaban J connectivity index is 0.000000271. The Bertz CT molecular complexity index is 955. The third kappa shape index (κ3) is 5.43. The minimum atomic E-state index is -1.12. The molecule has 0 radical (unpaired) electrons. The molecule has 0 saturated carbocycles. The van der Waals surface area contributed by atoms with Gasteiger partial charge in [0.05, 0.1) is 36.3 Å². The van der Waals surface area contributed by atoms with Crippen LogP contribution in [0.5, 0.6) is 0 Å². The van der Waals surface area contributed by atoms with Crippen LogP contribution < -0.4 is 0 Å². The van der Waals surface area contributed by atoms with E-state index in [4.69, 9.17) is 0 Å². The zero-order valence-corrected chi connectivity index (χ0v) is 14.2. The summed E-state index contributed by atoms with van der Waals surface area (Å²) in [6, 6.07) is 3.57. The minimum Gasteiger partial charge on any atom is -0.258 e. The number of nitro benzene ring substituents is 4. The first-order chi connectivity index (χ1) is 12.5. The number of nitro groups is 4. The molecule has 142 valence electrons. The van der Waals surface area contributed by atoms with Crippen molar-refractivity contribution in [3.05, 3.63) is 86.9 Å². The second-order valence-electron chi connectivity index (χ2n) is 4.42. The monoisotopic (exact) mass is 450 g/mol. The van der Waals surface area contributed by atoms with E-state index in [0.717, 1.165) is 12.1 Å². The fourth-order valence-corrected chi connectivity index (χ4v) is 1.99. The Morgan fingerprint density at radius 3 is 1.63 bits per heavy atom. The highest BCUT2D eigenvalue weighted by atomic mass is 79.9. The molecule has 0 heterocycles. The fraction of sp³-hybridized carbons (Fsp3) is 0. The van der Waals surface area contributed by atoms with Crippen LogP contribution in [-0.4, -0.2) is 19.7 Å². The molecule has 0 amide bonds. The summed E-state index contributed by atoms with van der Waals surface area (Å²) >= 11 is 2.65. The van der Waals surface area contributed by atoms with Crippen LogP contribution in [0.4, 0.5) is 31.5 Å². The molecule has 0 atom stereocenters. The summed E-state index contributed by atoms with van der Waals surface area (Å²) in [6.45, 7) is 0. The lowest BCUT2D eigenvalue weighted by Gasteiger charge is -1.96. The van der Waals surface area contributed by atoms with E-state index in [2.05, 4.69) is 15.9 Å². The molecule has 27 heavy (non-hydrogen) atoms.